The Balaban J connectivity index is 1.40. The first-order valence-electron chi connectivity index (χ1n) is 12.8. The highest BCUT2D eigenvalue weighted by atomic mass is 35.5. The highest BCUT2D eigenvalue weighted by Crippen LogP contribution is 2.34. The number of rotatable bonds is 8. The van der Waals surface area contributed by atoms with Gasteiger partial charge in [-0.1, -0.05) is 29.8 Å². The lowest BCUT2D eigenvalue weighted by atomic mass is 9.93. The van der Waals surface area contributed by atoms with Crippen LogP contribution in [0.3, 0.4) is 0 Å². The van der Waals surface area contributed by atoms with E-state index in [9.17, 15) is 19.4 Å². The normalized spacial score (nSPS) is 22.3. The molecule has 0 bridgehead atoms. The van der Waals surface area contributed by atoms with Crippen LogP contribution < -0.4 is 5.32 Å². The first-order chi connectivity index (χ1) is 18.3. The molecule has 3 N–H and O–H groups in total. The van der Waals surface area contributed by atoms with E-state index in [4.69, 9.17) is 16.3 Å². The average Bonchev–Trinajstić information content (AvgIpc) is 3.33. The minimum absolute atomic E-state index is 0.155. The van der Waals surface area contributed by atoms with E-state index in [0.717, 1.165) is 42.4 Å². The summed E-state index contributed by atoms with van der Waals surface area (Å²) in [5.74, 6) is 0.537. The number of amides is 1. The Labute approximate surface area is 226 Å². The molecule has 0 radical (unpaired) electrons. The molecule has 1 aliphatic heterocycles. The smallest absolute Gasteiger partial charge is 0.271 e. The predicted molar refractivity (Wildman–Crippen MR) is 143 cm³/mol. The number of aliphatic hydroxyl groups excluding tert-OH is 2. The molecule has 2 aromatic heterocycles. The van der Waals surface area contributed by atoms with Crippen LogP contribution in [-0.4, -0.2) is 62.5 Å². The number of alkyl halides is 1. The molecule has 8 nitrogen and oxygen atoms in total. The van der Waals surface area contributed by atoms with E-state index < -0.39 is 6.36 Å². The van der Waals surface area contributed by atoms with Crippen molar-refractivity contribution in [2.24, 2.45) is 0 Å². The van der Waals surface area contributed by atoms with E-state index in [-0.39, 0.29) is 36.2 Å². The number of nitrogens with one attached hydrogen (secondary N) is 1. The molecule has 0 saturated heterocycles. The third kappa shape index (κ3) is 5.71. The Bertz CT molecular complexity index is 1290. The van der Waals surface area contributed by atoms with E-state index >= 15 is 0 Å². The molecule has 3 aromatic rings. The fraction of sp³-hybridized carbons (Fsp3) is 0.429. The van der Waals surface area contributed by atoms with E-state index in [1.807, 2.05) is 22.9 Å². The monoisotopic (exact) mass is 542 g/mol. The summed E-state index contributed by atoms with van der Waals surface area (Å²) in [5.41, 5.74) is 2.98. The highest BCUT2D eigenvalue weighted by molar-refractivity contribution is 6.33. The van der Waals surface area contributed by atoms with Crippen LogP contribution in [0.5, 0.6) is 0 Å². The summed E-state index contributed by atoms with van der Waals surface area (Å²) in [7, 11) is 1.59. The zero-order valence-electron chi connectivity index (χ0n) is 21.2. The molecule has 10 heteroatoms. The fourth-order valence-corrected chi connectivity index (χ4v) is 5.58. The largest absolute Gasteiger partial charge is 0.393 e. The molecule has 2 aliphatic rings. The third-order valence-electron chi connectivity index (χ3n) is 7.38. The first-order valence-corrected chi connectivity index (χ1v) is 13.2. The van der Waals surface area contributed by atoms with Gasteiger partial charge < -0.3 is 29.7 Å². The van der Waals surface area contributed by atoms with Gasteiger partial charge in [0.15, 0.2) is 0 Å². The predicted octanol–water partition coefficient (Wildman–Crippen LogP) is 4.55. The van der Waals surface area contributed by atoms with Crippen molar-refractivity contribution in [1.29, 1.82) is 0 Å². The topological polar surface area (TPSA) is 99.8 Å². The van der Waals surface area contributed by atoms with E-state index in [2.05, 4.69) is 10.3 Å². The second-order valence-corrected chi connectivity index (χ2v) is 10.5. The molecule has 1 aromatic carbocycles. The number of nitrogens with zero attached hydrogens (tertiary/aromatic N) is 3. The van der Waals surface area contributed by atoms with Gasteiger partial charge in [-0.25, -0.2) is 9.37 Å². The molecule has 2 atom stereocenters. The summed E-state index contributed by atoms with van der Waals surface area (Å²) in [6, 6.07) is 10.3. The van der Waals surface area contributed by atoms with E-state index in [1.54, 1.807) is 36.4 Å². The number of ether oxygens (including phenoxy) is 1. The number of anilines is 1. The minimum atomic E-state index is -2.07. The molecule has 0 unspecified atom stereocenters. The molecule has 3 heterocycles. The average molecular weight is 543 g/mol. The summed E-state index contributed by atoms with van der Waals surface area (Å²) in [5, 5.41) is 23.1. The van der Waals surface area contributed by atoms with Gasteiger partial charge in [0.1, 0.15) is 11.5 Å². The van der Waals surface area contributed by atoms with Crippen LogP contribution in [0.25, 0.3) is 11.1 Å². The van der Waals surface area contributed by atoms with Gasteiger partial charge in [0.2, 0.25) is 6.36 Å². The number of hydrogen-bond donors (Lipinski definition) is 3. The lowest BCUT2D eigenvalue weighted by Crippen LogP contribution is -2.49. The second-order valence-electron chi connectivity index (χ2n) is 10.1. The van der Waals surface area contributed by atoms with Gasteiger partial charge in [-0.15, -0.1) is 0 Å². The lowest BCUT2D eigenvalue weighted by Gasteiger charge is -2.36. The number of fused-ring (bicyclic) bond motifs is 1. The number of carbonyl (C=O) groups is 1. The lowest BCUT2D eigenvalue weighted by molar-refractivity contribution is 0.0381. The third-order valence-corrected chi connectivity index (χ3v) is 7.68. The maximum Gasteiger partial charge on any atom is 0.271 e. The van der Waals surface area contributed by atoms with E-state index in [1.165, 1.54) is 6.07 Å². The van der Waals surface area contributed by atoms with Gasteiger partial charge >= 0.3 is 0 Å². The Kier molecular flexibility index (Phi) is 7.99. The fourth-order valence-electron chi connectivity index (χ4n) is 5.37. The molecule has 5 rings (SSSR count). The number of aromatic nitrogens is 2. The zero-order valence-corrected chi connectivity index (χ0v) is 21.9. The van der Waals surface area contributed by atoms with Crippen LogP contribution in [0.2, 0.25) is 5.02 Å². The van der Waals surface area contributed by atoms with Crippen molar-refractivity contribution < 1.29 is 24.1 Å². The number of benzene rings is 1. The van der Waals surface area contributed by atoms with E-state index in [0.29, 0.717) is 29.7 Å². The van der Waals surface area contributed by atoms with Crippen molar-refractivity contribution in [2.45, 2.75) is 63.3 Å². The van der Waals surface area contributed by atoms with Crippen LogP contribution in [0.15, 0.2) is 48.8 Å². The Hall–Kier alpha value is -2.98. The highest BCUT2D eigenvalue weighted by Gasteiger charge is 2.33. The number of aliphatic hydroxyl groups is 2. The maximum absolute atomic E-state index is 13.7. The summed E-state index contributed by atoms with van der Waals surface area (Å²) in [6.07, 6.45) is 4.52. The summed E-state index contributed by atoms with van der Waals surface area (Å²) in [4.78, 5) is 19.8. The maximum atomic E-state index is 13.7. The van der Waals surface area contributed by atoms with Crippen molar-refractivity contribution in [1.82, 2.24) is 14.5 Å². The molecular formula is C28H32ClFN4O4. The van der Waals surface area contributed by atoms with Crippen molar-refractivity contribution in [3.05, 3.63) is 70.6 Å². The standard InChI is InChI=1S/C28H32ClFN4O4/c1-38-16-21-15-33-14-19(23-11-26(31-12-24(23)29)32-20-5-7-22(35)8-6-20)10-25(33)28(37)34(21)13-17-3-2-4-18(9-17)27(30)36/h2-4,9-12,14,20-22,27,35-36H,5-8,13,15-16H2,1H3,(H,31,32)/t20?,21-,22?,27+/m1/s1. The number of halogens is 2. The molecule has 1 fully saturated rings. The molecule has 38 heavy (non-hydrogen) atoms. The van der Waals surface area contributed by atoms with Gasteiger partial charge in [0.25, 0.3) is 5.91 Å². The Morgan fingerprint density at radius 1 is 1.24 bits per heavy atom. The van der Waals surface area contributed by atoms with Crippen molar-refractivity contribution >= 4 is 23.3 Å². The van der Waals surface area contributed by atoms with Gasteiger partial charge in [-0.2, -0.15) is 0 Å². The molecule has 202 valence electrons. The molecular weight excluding hydrogens is 511 g/mol. The summed E-state index contributed by atoms with van der Waals surface area (Å²) >= 11 is 6.55. The van der Waals surface area contributed by atoms with Crippen LogP contribution in [0, 0.1) is 0 Å². The number of pyridine rings is 1. The van der Waals surface area contributed by atoms with Gasteiger partial charge in [0.05, 0.1) is 23.8 Å². The quantitative estimate of drug-likeness (QED) is 0.386. The van der Waals surface area contributed by atoms with Gasteiger partial charge in [0, 0.05) is 55.3 Å². The van der Waals surface area contributed by atoms with Crippen LogP contribution in [-0.2, 0) is 17.8 Å². The van der Waals surface area contributed by atoms with Crippen LogP contribution in [0.1, 0.15) is 53.7 Å². The molecule has 0 spiro atoms. The molecule has 1 aliphatic carbocycles. The summed E-state index contributed by atoms with van der Waals surface area (Å²) in [6.45, 7) is 1.12. The number of hydrogen-bond acceptors (Lipinski definition) is 6. The first kappa shape index (κ1) is 26.6. The number of methoxy groups -OCH3 is 1. The van der Waals surface area contributed by atoms with Crippen molar-refractivity contribution in [3.8, 4) is 11.1 Å². The zero-order chi connectivity index (χ0) is 26.8. The van der Waals surface area contributed by atoms with Gasteiger partial charge in [-0.05, 0) is 49.4 Å². The minimum Gasteiger partial charge on any atom is -0.393 e. The molecule has 1 amide bonds. The SMILES string of the molecule is COC[C@H]1Cn2cc(-c3cc(NC4CCC(O)CC4)ncc3Cl)cc2C(=O)N1Cc1cccc([C@H](O)F)c1. The van der Waals surface area contributed by atoms with Crippen LogP contribution >= 0.6 is 11.6 Å². The second kappa shape index (κ2) is 11.4. The molecule has 1 saturated carbocycles. The van der Waals surface area contributed by atoms with Gasteiger partial charge in [-0.3, -0.25) is 4.79 Å². The Morgan fingerprint density at radius 3 is 2.76 bits per heavy atom. The number of carbonyl (C=O) groups excluding carboxylic acids is 1. The van der Waals surface area contributed by atoms with Crippen LogP contribution in [0.4, 0.5) is 10.2 Å². The van der Waals surface area contributed by atoms with Crippen molar-refractivity contribution in [3.63, 3.8) is 0 Å². The summed E-state index contributed by atoms with van der Waals surface area (Å²) < 4.78 is 20.8. The van der Waals surface area contributed by atoms with Crippen molar-refractivity contribution in [2.75, 3.05) is 19.0 Å². The Morgan fingerprint density at radius 2 is 2.03 bits per heavy atom.